The van der Waals surface area contributed by atoms with Crippen molar-refractivity contribution in [1.82, 2.24) is 4.98 Å². The van der Waals surface area contributed by atoms with Crippen molar-refractivity contribution in [2.45, 2.75) is 23.6 Å². The fourth-order valence-electron chi connectivity index (χ4n) is 2.78. The molecule has 2 aromatic carbocycles. The highest BCUT2D eigenvalue weighted by atomic mass is 35.5. The number of hydrogen-bond acceptors (Lipinski definition) is 7. The molecule has 3 rings (SSSR count). The molecule has 0 saturated carbocycles. The molecular weight excluding hydrogens is 525 g/mol. The van der Waals surface area contributed by atoms with Gasteiger partial charge in [0.15, 0.2) is 0 Å². The zero-order valence-electron chi connectivity index (χ0n) is 18.1. The summed E-state index contributed by atoms with van der Waals surface area (Å²) in [4.78, 5) is 3.85. The van der Waals surface area contributed by atoms with Crippen LogP contribution in [0.15, 0.2) is 64.4 Å². The van der Waals surface area contributed by atoms with Gasteiger partial charge in [-0.25, -0.2) is 21.8 Å². The number of halogens is 2. The number of sulfonamides is 2. The number of anilines is 2. The van der Waals surface area contributed by atoms with Crippen molar-refractivity contribution in [2.75, 3.05) is 22.7 Å². The van der Waals surface area contributed by atoms with Crippen molar-refractivity contribution in [3.8, 4) is 11.5 Å². The SMILES string of the molecule is CCOc1cc(S(=O)(=O)Nc2cccc(NS(=O)(=O)c3ccc(Cl)c(OCC)c3)n2)ccc1Cl. The lowest BCUT2D eigenvalue weighted by Crippen LogP contribution is -2.17. The van der Waals surface area contributed by atoms with Gasteiger partial charge in [0.25, 0.3) is 20.0 Å². The van der Waals surface area contributed by atoms with Gasteiger partial charge < -0.3 is 9.47 Å². The van der Waals surface area contributed by atoms with E-state index in [-0.39, 0.29) is 43.0 Å². The van der Waals surface area contributed by atoms with E-state index in [0.717, 1.165) is 0 Å². The van der Waals surface area contributed by atoms with Gasteiger partial charge in [0.05, 0.1) is 33.0 Å². The van der Waals surface area contributed by atoms with Crippen LogP contribution < -0.4 is 18.9 Å². The summed E-state index contributed by atoms with van der Waals surface area (Å²) in [5, 5.41) is 0.537. The van der Waals surface area contributed by atoms with Gasteiger partial charge in [0.1, 0.15) is 23.1 Å². The number of nitrogens with one attached hydrogen (secondary N) is 2. The van der Waals surface area contributed by atoms with E-state index in [2.05, 4.69) is 14.4 Å². The summed E-state index contributed by atoms with van der Waals surface area (Å²) < 4.78 is 66.5. The van der Waals surface area contributed by atoms with E-state index in [4.69, 9.17) is 32.7 Å². The molecule has 34 heavy (non-hydrogen) atoms. The maximum absolute atomic E-state index is 12.8. The first kappa shape index (κ1) is 25.9. The van der Waals surface area contributed by atoms with E-state index >= 15 is 0 Å². The number of benzene rings is 2. The van der Waals surface area contributed by atoms with Gasteiger partial charge in [0.2, 0.25) is 0 Å². The zero-order valence-corrected chi connectivity index (χ0v) is 21.2. The standard InChI is InChI=1S/C21H21Cl2N3O6S2/c1-3-31-18-12-14(8-10-16(18)22)33(27,28)25-20-6-5-7-21(24-20)26-34(29,30)15-9-11-17(23)19(13-15)32-4-2/h5-13H,3-4H2,1-2H3,(H2,24,25,26). The fraction of sp³-hybridized carbons (Fsp3) is 0.190. The molecule has 13 heteroatoms. The summed E-state index contributed by atoms with van der Waals surface area (Å²) in [5.41, 5.74) is 0. The van der Waals surface area contributed by atoms with Gasteiger partial charge in [-0.05, 0) is 50.2 Å². The average molecular weight is 546 g/mol. The largest absolute Gasteiger partial charge is 0.492 e. The summed E-state index contributed by atoms with van der Waals surface area (Å²) in [7, 11) is -8.12. The molecule has 0 aliphatic rings. The van der Waals surface area contributed by atoms with Crippen LogP contribution in [0.4, 0.5) is 11.6 Å². The number of aromatic nitrogens is 1. The van der Waals surface area contributed by atoms with E-state index in [1.165, 1.54) is 54.6 Å². The molecule has 0 radical (unpaired) electrons. The molecule has 0 amide bonds. The van der Waals surface area contributed by atoms with Crippen LogP contribution >= 0.6 is 23.2 Å². The Balaban J connectivity index is 1.84. The van der Waals surface area contributed by atoms with Crippen LogP contribution in [-0.2, 0) is 20.0 Å². The van der Waals surface area contributed by atoms with Crippen LogP contribution in [0.5, 0.6) is 11.5 Å². The molecule has 182 valence electrons. The Morgan fingerprint density at radius 2 is 1.15 bits per heavy atom. The zero-order chi connectivity index (χ0) is 24.9. The highest BCUT2D eigenvalue weighted by Crippen LogP contribution is 2.30. The molecular formula is C21H21Cl2N3O6S2. The summed E-state index contributed by atoms with van der Waals surface area (Å²) in [5.74, 6) is 0.241. The Kier molecular flexibility index (Phi) is 8.13. The Morgan fingerprint density at radius 1 is 0.735 bits per heavy atom. The predicted octanol–water partition coefficient (Wildman–Crippen LogP) is 4.79. The first-order valence-electron chi connectivity index (χ1n) is 9.93. The topological polar surface area (TPSA) is 124 Å². The second-order valence-corrected chi connectivity index (χ2v) is 10.8. The molecule has 0 fully saturated rings. The van der Waals surface area contributed by atoms with Gasteiger partial charge in [-0.3, -0.25) is 9.44 Å². The number of rotatable bonds is 10. The summed E-state index contributed by atoms with van der Waals surface area (Å²) in [6.07, 6.45) is 0. The minimum Gasteiger partial charge on any atom is -0.492 e. The van der Waals surface area contributed by atoms with Gasteiger partial charge in [-0.2, -0.15) is 0 Å². The maximum atomic E-state index is 12.8. The molecule has 0 aliphatic carbocycles. The van der Waals surface area contributed by atoms with Crippen LogP contribution in [0.1, 0.15) is 13.8 Å². The van der Waals surface area contributed by atoms with Gasteiger partial charge in [0, 0.05) is 12.1 Å². The van der Waals surface area contributed by atoms with Crippen molar-refractivity contribution < 1.29 is 26.3 Å². The smallest absolute Gasteiger partial charge is 0.263 e. The fourth-order valence-corrected chi connectivity index (χ4v) is 5.15. The third-order valence-corrected chi connectivity index (χ3v) is 7.58. The lowest BCUT2D eigenvalue weighted by atomic mass is 10.3. The van der Waals surface area contributed by atoms with E-state index in [1.807, 2.05) is 0 Å². The van der Waals surface area contributed by atoms with Gasteiger partial charge in [-0.1, -0.05) is 29.3 Å². The Morgan fingerprint density at radius 3 is 1.53 bits per heavy atom. The summed E-state index contributed by atoms with van der Waals surface area (Å²) in [6, 6.07) is 12.2. The number of pyridine rings is 1. The van der Waals surface area contributed by atoms with Gasteiger partial charge in [-0.15, -0.1) is 0 Å². The molecule has 3 aromatic rings. The van der Waals surface area contributed by atoms with E-state index in [9.17, 15) is 16.8 Å². The highest BCUT2D eigenvalue weighted by Gasteiger charge is 2.20. The molecule has 0 saturated heterocycles. The normalized spacial score (nSPS) is 11.6. The minimum absolute atomic E-state index is 0.0979. The molecule has 0 atom stereocenters. The molecule has 9 nitrogen and oxygen atoms in total. The molecule has 0 bridgehead atoms. The third-order valence-electron chi connectivity index (χ3n) is 4.25. The molecule has 2 N–H and O–H groups in total. The Hall–Kier alpha value is -2.73. The first-order chi connectivity index (χ1) is 16.1. The molecule has 0 spiro atoms. The number of ether oxygens (including phenoxy) is 2. The van der Waals surface area contributed by atoms with Crippen LogP contribution in [0.2, 0.25) is 10.0 Å². The highest BCUT2D eigenvalue weighted by molar-refractivity contribution is 7.93. The predicted molar refractivity (Wildman–Crippen MR) is 131 cm³/mol. The minimum atomic E-state index is -4.06. The maximum Gasteiger partial charge on any atom is 0.263 e. The molecule has 0 aliphatic heterocycles. The Labute approximate surface area is 208 Å². The van der Waals surface area contributed by atoms with E-state index < -0.39 is 20.0 Å². The van der Waals surface area contributed by atoms with Crippen LogP contribution in [0.3, 0.4) is 0 Å². The average Bonchev–Trinajstić information content (AvgIpc) is 2.76. The van der Waals surface area contributed by atoms with Crippen LogP contribution in [0.25, 0.3) is 0 Å². The van der Waals surface area contributed by atoms with E-state index in [0.29, 0.717) is 13.2 Å². The van der Waals surface area contributed by atoms with Gasteiger partial charge >= 0.3 is 0 Å². The van der Waals surface area contributed by atoms with Crippen LogP contribution in [-0.4, -0.2) is 35.0 Å². The quantitative estimate of drug-likeness (QED) is 0.375. The Bertz CT molecular complexity index is 1300. The lowest BCUT2D eigenvalue weighted by molar-refractivity contribution is 0.339. The molecule has 1 heterocycles. The molecule has 1 aromatic heterocycles. The number of hydrogen-bond donors (Lipinski definition) is 2. The second-order valence-electron chi connectivity index (χ2n) is 6.67. The lowest BCUT2D eigenvalue weighted by Gasteiger charge is -2.13. The van der Waals surface area contributed by atoms with Crippen molar-refractivity contribution in [3.63, 3.8) is 0 Å². The van der Waals surface area contributed by atoms with Crippen molar-refractivity contribution in [1.29, 1.82) is 0 Å². The van der Waals surface area contributed by atoms with E-state index in [1.54, 1.807) is 13.8 Å². The summed E-state index contributed by atoms with van der Waals surface area (Å²) in [6.45, 7) is 4.10. The van der Waals surface area contributed by atoms with Crippen molar-refractivity contribution >= 4 is 54.9 Å². The molecule has 0 unspecified atom stereocenters. The van der Waals surface area contributed by atoms with Crippen molar-refractivity contribution in [3.05, 3.63) is 64.6 Å². The second kappa shape index (κ2) is 10.7. The number of nitrogens with zero attached hydrogens (tertiary/aromatic N) is 1. The van der Waals surface area contributed by atoms with Crippen LogP contribution in [0, 0.1) is 0 Å². The first-order valence-corrected chi connectivity index (χ1v) is 13.7. The van der Waals surface area contributed by atoms with Crippen molar-refractivity contribution in [2.24, 2.45) is 0 Å². The summed E-state index contributed by atoms with van der Waals surface area (Å²) >= 11 is 12.0. The monoisotopic (exact) mass is 545 g/mol. The third kappa shape index (κ3) is 6.23.